The van der Waals surface area contributed by atoms with Gasteiger partial charge in [-0.1, -0.05) is 30.3 Å². The molecule has 0 radical (unpaired) electrons. The average Bonchev–Trinajstić information content (AvgIpc) is 3.00. The standard InChI is InChI=1S/C19H20N2O5/c1-11-13(12-8-6-5-7-9-12)16-19(18(24)26-4,10-20-21(16)2)14(15(11)22)17(23)25-3/h5-10,14,16H,1-4H3. The number of likely N-dealkylation sites (N-methyl/N-ethyl adjacent to an activating group) is 1. The topological polar surface area (TPSA) is 85.3 Å². The highest BCUT2D eigenvalue weighted by molar-refractivity contribution is 6.22. The van der Waals surface area contributed by atoms with Gasteiger partial charge >= 0.3 is 11.9 Å². The number of carbonyl (C=O) groups is 3. The molecule has 0 spiro atoms. The van der Waals surface area contributed by atoms with Crippen molar-refractivity contribution in [1.82, 2.24) is 5.01 Å². The predicted molar refractivity (Wildman–Crippen MR) is 94.0 cm³/mol. The lowest BCUT2D eigenvalue weighted by Gasteiger charge is -2.42. The van der Waals surface area contributed by atoms with Crippen LogP contribution in [0.3, 0.4) is 0 Å². The Hall–Kier alpha value is -2.96. The van der Waals surface area contributed by atoms with Gasteiger partial charge in [0, 0.05) is 13.3 Å². The summed E-state index contributed by atoms with van der Waals surface area (Å²) in [6.45, 7) is 1.66. The maximum absolute atomic E-state index is 13.1. The number of esters is 2. The Morgan fingerprint density at radius 2 is 1.81 bits per heavy atom. The van der Waals surface area contributed by atoms with Gasteiger partial charge in [-0.15, -0.1) is 0 Å². The lowest BCUT2D eigenvalue weighted by molar-refractivity contribution is -0.165. The molecule has 1 heterocycles. The number of nitrogens with zero attached hydrogens (tertiary/aromatic N) is 2. The lowest BCUT2D eigenvalue weighted by atomic mass is 9.60. The van der Waals surface area contributed by atoms with Gasteiger partial charge in [0.25, 0.3) is 0 Å². The first-order valence-electron chi connectivity index (χ1n) is 8.14. The van der Waals surface area contributed by atoms with Crippen molar-refractivity contribution in [3.05, 3.63) is 41.5 Å². The van der Waals surface area contributed by atoms with Crippen LogP contribution in [0.2, 0.25) is 0 Å². The second-order valence-electron chi connectivity index (χ2n) is 6.37. The van der Waals surface area contributed by atoms with E-state index in [1.165, 1.54) is 20.4 Å². The van der Waals surface area contributed by atoms with E-state index in [0.29, 0.717) is 11.1 Å². The van der Waals surface area contributed by atoms with E-state index in [1.54, 1.807) is 19.0 Å². The summed E-state index contributed by atoms with van der Waals surface area (Å²) in [5.74, 6) is -3.27. The molecule has 26 heavy (non-hydrogen) atoms. The lowest BCUT2D eigenvalue weighted by Crippen LogP contribution is -2.59. The molecule has 3 atom stereocenters. The van der Waals surface area contributed by atoms with Crippen LogP contribution in [-0.4, -0.2) is 56.3 Å². The molecular formula is C19H20N2O5. The first kappa shape index (κ1) is 17.8. The number of ketones is 1. The van der Waals surface area contributed by atoms with Crippen LogP contribution in [0.25, 0.3) is 5.57 Å². The van der Waals surface area contributed by atoms with E-state index >= 15 is 0 Å². The quantitative estimate of drug-likeness (QED) is 0.599. The molecular weight excluding hydrogens is 336 g/mol. The van der Waals surface area contributed by atoms with Gasteiger partial charge in [0.1, 0.15) is 5.92 Å². The Kier molecular flexibility index (Phi) is 4.39. The third-order valence-corrected chi connectivity index (χ3v) is 5.13. The molecule has 0 aromatic heterocycles. The molecule has 1 aliphatic heterocycles. The Morgan fingerprint density at radius 1 is 1.15 bits per heavy atom. The number of allylic oxidation sites excluding steroid dienone is 1. The number of hydrogen-bond donors (Lipinski definition) is 0. The fourth-order valence-corrected chi connectivity index (χ4v) is 3.93. The highest BCUT2D eigenvalue weighted by atomic mass is 16.5. The van der Waals surface area contributed by atoms with Gasteiger partial charge in [-0.3, -0.25) is 19.4 Å². The summed E-state index contributed by atoms with van der Waals surface area (Å²) in [6, 6.07) is 8.63. The summed E-state index contributed by atoms with van der Waals surface area (Å²) in [7, 11) is 4.12. The molecule has 1 aromatic rings. The van der Waals surface area contributed by atoms with E-state index < -0.39 is 35.1 Å². The zero-order valence-electron chi connectivity index (χ0n) is 15.1. The highest BCUT2D eigenvalue weighted by Gasteiger charge is 2.65. The first-order valence-corrected chi connectivity index (χ1v) is 8.14. The van der Waals surface area contributed by atoms with Gasteiger partial charge in [0.15, 0.2) is 11.2 Å². The van der Waals surface area contributed by atoms with E-state index in [1.807, 2.05) is 30.3 Å². The summed E-state index contributed by atoms with van der Waals surface area (Å²) in [5.41, 5.74) is 0.283. The van der Waals surface area contributed by atoms with Gasteiger partial charge in [-0.2, -0.15) is 5.10 Å². The zero-order chi connectivity index (χ0) is 19.1. The molecule has 0 saturated heterocycles. The molecule has 0 amide bonds. The minimum Gasteiger partial charge on any atom is -0.468 e. The smallest absolute Gasteiger partial charge is 0.321 e. The molecule has 0 N–H and O–H groups in total. The Balaban J connectivity index is 2.33. The fraction of sp³-hybridized carbons (Fsp3) is 0.368. The molecule has 136 valence electrons. The molecule has 7 nitrogen and oxygen atoms in total. The molecule has 3 rings (SSSR count). The van der Waals surface area contributed by atoms with Gasteiger partial charge in [-0.25, -0.2) is 0 Å². The third kappa shape index (κ3) is 2.27. The number of fused-ring (bicyclic) bond motifs is 1. The molecule has 3 unspecified atom stereocenters. The summed E-state index contributed by atoms with van der Waals surface area (Å²) >= 11 is 0. The van der Waals surface area contributed by atoms with Crippen LogP contribution in [0.4, 0.5) is 0 Å². The van der Waals surface area contributed by atoms with E-state index in [4.69, 9.17) is 9.47 Å². The van der Waals surface area contributed by atoms with Crippen LogP contribution in [0.5, 0.6) is 0 Å². The number of rotatable bonds is 3. The van der Waals surface area contributed by atoms with Crippen molar-refractivity contribution in [2.24, 2.45) is 16.4 Å². The summed E-state index contributed by atoms with van der Waals surface area (Å²) < 4.78 is 9.84. The van der Waals surface area contributed by atoms with E-state index in [2.05, 4.69) is 5.10 Å². The maximum Gasteiger partial charge on any atom is 0.321 e. The van der Waals surface area contributed by atoms with Gasteiger partial charge in [0.05, 0.1) is 20.3 Å². The van der Waals surface area contributed by atoms with E-state index in [-0.39, 0.29) is 0 Å². The van der Waals surface area contributed by atoms with Gasteiger partial charge < -0.3 is 9.47 Å². The Morgan fingerprint density at radius 3 is 2.38 bits per heavy atom. The van der Waals surface area contributed by atoms with Crippen molar-refractivity contribution in [3.63, 3.8) is 0 Å². The minimum absolute atomic E-state index is 0.411. The van der Waals surface area contributed by atoms with Gasteiger partial charge in [-0.05, 0) is 23.6 Å². The minimum atomic E-state index is -1.57. The molecule has 2 aliphatic rings. The average molecular weight is 356 g/mol. The number of hydrogen-bond acceptors (Lipinski definition) is 7. The SMILES string of the molecule is COC(=O)C1C(=O)C(C)=C(c2ccccc2)C2N(C)N=CC12C(=O)OC. The van der Waals surface area contributed by atoms with Crippen LogP contribution in [0.15, 0.2) is 41.0 Å². The molecule has 0 bridgehead atoms. The van der Waals surface area contributed by atoms with Crippen LogP contribution < -0.4 is 0 Å². The van der Waals surface area contributed by atoms with E-state index in [0.717, 1.165) is 5.56 Å². The summed E-state index contributed by atoms with van der Waals surface area (Å²) in [4.78, 5) is 38.5. The second-order valence-corrected chi connectivity index (χ2v) is 6.37. The number of benzene rings is 1. The van der Waals surface area contributed by atoms with Crippen molar-refractivity contribution in [3.8, 4) is 0 Å². The second kappa shape index (κ2) is 6.40. The van der Waals surface area contributed by atoms with Crippen LogP contribution in [0, 0.1) is 11.3 Å². The van der Waals surface area contributed by atoms with Crippen molar-refractivity contribution in [2.45, 2.75) is 13.0 Å². The molecule has 1 aliphatic carbocycles. The van der Waals surface area contributed by atoms with Crippen molar-refractivity contribution >= 4 is 29.5 Å². The number of hydrazone groups is 1. The van der Waals surface area contributed by atoms with Crippen LogP contribution in [-0.2, 0) is 23.9 Å². The number of carbonyl (C=O) groups excluding carboxylic acids is 3. The van der Waals surface area contributed by atoms with Crippen LogP contribution >= 0.6 is 0 Å². The monoisotopic (exact) mass is 356 g/mol. The van der Waals surface area contributed by atoms with Crippen molar-refractivity contribution in [2.75, 3.05) is 21.3 Å². The Labute approximate surface area is 151 Å². The molecule has 0 saturated carbocycles. The largest absolute Gasteiger partial charge is 0.468 e. The third-order valence-electron chi connectivity index (χ3n) is 5.13. The van der Waals surface area contributed by atoms with Gasteiger partial charge in [0.2, 0.25) is 0 Å². The number of Topliss-reactive ketones (excluding diaryl/α,β-unsaturated/α-hetero) is 1. The zero-order valence-corrected chi connectivity index (χ0v) is 15.1. The summed E-state index contributed by atoms with van der Waals surface area (Å²) in [5, 5.41) is 5.84. The van der Waals surface area contributed by atoms with E-state index in [9.17, 15) is 14.4 Å². The normalized spacial score (nSPS) is 27.4. The molecule has 7 heteroatoms. The Bertz CT molecular complexity index is 830. The maximum atomic E-state index is 13.1. The summed E-state index contributed by atoms with van der Waals surface area (Å²) in [6.07, 6.45) is 1.35. The van der Waals surface area contributed by atoms with Crippen LogP contribution in [0.1, 0.15) is 12.5 Å². The van der Waals surface area contributed by atoms with Crippen molar-refractivity contribution in [1.29, 1.82) is 0 Å². The predicted octanol–water partition coefficient (Wildman–Crippen LogP) is 1.29. The fourth-order valence-electron chi connectivity index (χ4n) is 3.93. The number of ether oxygens (including phenoxy) is 2. The molecule has 0 fully saturated rings. The molecule has 1 aromatic carbocycles. The van der Waals surface area contributed by atoms with Crippen molar-refractivity contribution < 1.29 is 23.9 Å². The first-order chi connectivity index (χ1) is 12.4. The highest BCUT2D eigenvalue weighted by Crippen LogP contribution is 2.50. The number of methoxy groups -OCH3 is 2.